The summed E-state index contributed by atoms with van der Waals surface area (Å²) in [4.78, 5) is 11.9. The quantitative estimate of drug-likeness (QED) is 0.612. The van der Waals surface area contributed by atoms with Crippen molar-refractivity contribution in [2.24, 2.45) is 11.3 Å². The van der Waals surface area contributed by atoms with E-state index in [9.17, 15) is 4.79 Å². The number of rotatable bonds is 2. The highest BCUT2D eigenvalue weighted by Crippen LogP contribution is 2.49. The maximum Gasteiger partial charge on any atom is 0.130 e. The van der Waals surface area contributed by atoms with Crippen LogP contribution >= 0.6 is 0 Å². The maximum absolute atomic E-state index is 11.9. The summed E-state index contributed by atoms with van der Waals surface area (Å²) in [6, 6.07) is 0. The topological polar surface area (TPSA) is 17.1 Å². The second kappa shape index (κ2) is 4.08. The molecule has 1 nitrogen and oxygen atoms in total. The summed E-state index contributed by atoms with van der Waals surface area (Å²) in [6.07, 6.45) is 10.2. The molecule has 2 heteroatoms. The Morgan fingerprint density at radius 2 is 2.07 bits per heavy atom. The van der Waals surface area contributed by atoms with Gasteiger partial charge in [0.15, 0.2) is 0 Å². The molecule has 2 unspecified atom stereocenters. The summed E-state index contributed by atoms with van der Waals surface area (Å²) in [5.41, 5.74) is 0.0137. The van der Waals surface area contributed by atoms with Crippen molar-refractivity contribution in [2.45, 2.75) is 57.7 Å². The minimum atomic E-state index is 0.0137. The average Bonchev–Trinajstić information content (AvgIpc) is 2.60. The lowest BCUT2D eigenvalue weighted by atomic mass is 9.71. The van der Waals surface area contributed by atoms with Gasteiger partial charge in [0.05, 0.1) is 7.85 Å². The standard InChI is InChI=1S/C12H19BO/c13-9-11(14)12-6-3-1-2-4-10(8-12)5-7-12/h10H,1-9H2. The molecule has 76 valence electrons. The van der Waals surface area contributed by atoms with Gasteiger partial charge in [-0.2, -0.15) is 0 Å². The molecule has 0 aromatic rings. The van der Waals surface area contributed by atoms with Crippen LogP contribution in [-0.4, -0.2) is 13.6 Å². The van der Waals surface area contributed by atoms with Crippen LogP contribution in [0.3, 0.4) is 0 Å². The molecule has 0 N–H and O–H groups in total. The van der Waals surface area contributed by atoms with Crippen molar-refractivity contribution in [3.8, 4) is 0 Å². The lowest BCUT2D eigenvalue weighted by molar-refractivity contribution is -0.127. The predicted octanol–water partition coefficient (Wildman–Crippen LogP) is 2.89. The van der Waals surface area contributed by atoms with Crippen molar-refractivity contribution >= 4 is 13.6 Å². The van der Waals surface area contributed by atoms with Gasteiger partial charge in [-0.3, -0.25) is 4.79 Å². The van der Waals surface area contributed by atoms with Crippen molar-refractivity contribution in [1.29, 1.82) is 0 Å². The molecule has 2 aliphatic carbocycles. The third kappa shape index (κ3) is 1.76. The molecule has 2 atom stereocenters. The number of carbonyl (C=O) groups is 1. The predicted molar refractivity (Wildman–Crippen MR) is 58.4 cm³/mol. The molecular weight excluding hydrogens is 171 g/mol. The van der Waals surface area contributed by atoms with E-state index in [1.807, 2.05) is 0 Å². The van der Waals surface area contributed by atoms with Crippen molar-refractivity contribution in [1.82, 2.24) is 0 Å². The number of Topliss-reactive ketones (excluding diaryl/α,β-unsaturated/α-hetero) is 1. The second-order valence-electron chi connectivity index (χ2n) is 5.12. The number of ketones is 1. The second-order valence-corrected chi connectivity index (χ2v) is 5.12. The van der Waals surface area contributed by atoms with E-state index < -0.39 is 0 Å². The van der Waals surface area contributed by atoms with Gasteiger partial charge in [0.1, 0.15) is 5.78 Å². The van der Waals surface area contributed by atoms with E-state index in [1.165, 1.54) is 32.1 Å². The lowest BCUT2D eigenvalue weighted by Gasteiger charge is -2.29. The zero-order chi connectivity index (χ0) is 10.0. The van der Waals surface area contributed by atoms with Crippen LogP contribution in [0, 0.1) is 11.3 Å². The molecule has 2 bridgehead atoms. The van der Waals surface area contributed by atoms with E-state index in [2.05, 4.69) is 0 Å². The number of hydrogen-bond donors (Lipinski definition) is 0. The Balaban J connectivity index is 2.12. The van der Waals surface area contributed by atoms with Gasteiger partial charge in [0, 0.05) is 5.41 Å². The van der Waals surface area contributed by atoms with Gasteiger partial charge >= 0.3 is 0 Å². The fourth-order valence-corrected chi connectivity index (χ4v) is 3.39. The van der Waals surface area contributed by atoms with Crippen LogP contribution in [-0.2, 0) is 4.79 Å². The van der Waals surface area contributed by atoms with E-state index in [0.29, 0.717) is 5.78 Å². The molecule has 2 rings (SSSR count). The SMILES string of the molecule is [B]CC(=O)C12CCCCCC(CC1)C2. The van der Waals surface area contributed by atoms with Crippen LogP contribution in [0.5, 0.6) is 0 Å². The number of carbonyl (C=O) groups excluding carboxylic acids is 1. The Morgan fingerprint density at radius 3 is 2.86 bits per heavy atom. The van der Waals surface area contributed by atoms with Crippen LogP contribution in [0.2, 0.25) is 6.32 Å². The Morgan fingerprint density at radius 1 is 1.21 bits per heavy atom. The van der Waals surface area contributed by atoms with Crippen LogP contribution in [0.1, 0.15) is 51.4 Å². The van der Waals surface area contributed by atoms with E-state index >= 15 is 0 Å². The third-order valence-electron chi connectivity index (χ3n) is 4.26. The van der Waals surface area contributed by atoms with Crippen LogP contribution in [0.25, 0.3) is 0 Å². The molecule has 2 fully saturated rings. The van der Waals surface area contributed by atoms with Gasteiger partial charge in [-0.15, -0.1) is 0 Å². The lowest BCUT2D eigenvalue weighted by Crippen LogP contribution is -2.28. The Kier molecular flexibility index (Phi) is 2.99. The van der Waals surface area contributed by atoms with Gasteiger partial charge in [-0.1, -0.05) is 25.7 Å². The molecule has 0 spiro atoms. The largest absolute Gasteiger partial charge is 0.300 e. The molecule has 2 saturated carbocycles. The average molecular weight is 190 g/mol. The number of hydrogen-bond acceptors (Lipinski definition) is 1. The van der Waals surface area contributed by atoms with Gasteiger partial charge in [-0.05, 0) is 37.9 Å². The third-order valence-corrected chi connectivity index (χ3v) is 4.26. The van der Waals surface area contributed by atoms with E-state index in [-0.39, 0.29) is 11.7 Å². The first-order valence-electron chi connectivity index (χ1n) is 6.00. The van der Waals surface area contributed by atoms with Crippen LogP contribution in [0.15, 0.2) is 0 Å². The van der Waals surface area contributed by atoms with Crippen LogP contribution < -0.4 is 0 Å². The summed E-state index contributed by atoms with van der Waals surface area (Å²) >= 11 is 0. The van der Waals surface area contributed by atoms with Crippen molar-refractivity contribution in [3.63, 3.8) is 0 Å². The fraction of sp³-hybridized carbons (Fsp3) is 0.917. The number of fused-ring (bicyclic) bond motifs is 2. The Bertz CT molecular complexity index is 226. The highest BCUT2D eigenvalue weighted by Gasteiger charge is 2.43. The molecule has 2 aliphatic rings. The molecule has 0 aromatic heterocycles. The summed E-state index contributed by atoms with van der Waals surface area (Å²) in [6.45, 7) is 0. The molecule has 0 saturated heterocycles. The zero-order valence-electron chi connectivity index (χ0n) is 8.93. The monoisotopic (exact) mass is 190 g/mol. The van der Waals surface area contributed by atoms with E-state index in [1.54, 1.807) is 0 Å². The first-order chi connectivity index (χ1) is 6.77. The Labute approximate surface area is 88.1 Å². The van der Waals surface area contributed by atoms with Crippen molar-refractivity contribution < 1.29 is 4.79 Å². The smallest absolute Gasteiger partial charge is 0.130 e. The molecule has 0 aliphatic heterocycles. The first kappa shape index (κ1) is 10.3. The fourth-order valence-electron chi connectivity index (χ4n) is 3.39. The van der Waals surface area contributed by atoms with E-state index in [0.717, 1.165) is 25.2 Å². The summed E-state index contributed by atoms with van der Waals surface area (Å²) < 4.78 is 0. The highest BCUT2D eigenvalue weighted by atomic mass is 16.1. The highest BCUT2D eigenvalue weighted by molar-refractivity contribution is 6.21. The molecule has 14 heavy (non-hydrogen) atoms. The van der Waals surface area contributed by atoms with Crippen LogP contribution in [0.4, 0.5) is 0 Å². The summed E-state index contributed by atoms with van der Waals surface area (Å²) in [5, 5.41) is 0. The summed E-state index contributed by atoms with van der Waals surface area (Å²) in [7, 11) is 5.52. The minimum absolute atomic E-state index is 0.0137. The maximum atomic E-state index is 11.9. The van der Waals surface area contributed by atoms with Gasteiger partial charge < -0.3 is 0 Å². The van der Waals surface area contributed by atoms with Gasteiger partial charge in [0.25, 0.3) is 0 Å². The Hall–Kier alpha value is -0.265. The minimum Gasteiger partial charge on any atom is -0.300 e. The molecule has 2 radical (unpaired) electrons. The van der Waals surface area contributed by atoms with Crippen molar-refractivity contribution in [2.75, 3.05) is 0 Å². The zero-order valence-corrected chi connectivity index (χ0v) is 8.93. The molecule has 0 amide bonds. The van der Waals surface area contributed by atoms with Gasteiger partial charge in [-0.25, -0.2) is 0 Å². The van der Waals surface area contributed by atoms with Gasteiger partial charge in [0.2, 0.25) is 0 Å². The first-order valence-corrected chi connectivity index (χ1v) is 6.00. The van der Waals surface area contributed by atoms with E-state index in [4.69, 9.17) is 7.85 Å². The molecule has 0 aromatic carbocycles. The molecular formula is C12H19BO. The van der Waals surface area contributed by atoms with Crippen molar-refractivity contribution in [3.05, 3.63) is 0 Å². The molecule has 0 heterocycles. The summed E-state index contributed by atoms with van der Waals surface area (Å²) in [5.74, 6) is 1.16. The normalized spacial score (nSPS) is 37.6.